The molecule has 1 heteroatoms. The van der Waals surface area contributed by atoms with Crippen molar-refractivity contribution in [2.75, 3.05) is 0 Å². The fraction of sp³-hybridized carbons (Fsp3) is 0.625. The number of aryl methyl sites for hydroxylation is 2. The molecule has 3 unspecified atom stereocenters. The zero-order valence-electron chi connectivity index (χ0n) is 11.2. The van der Waals surface area contributed by atoms with Gasteiger partial charge in [-0.1, -0.05) is 38.1 Å². The highest BCUT2D eigenvalue weighted by Crippen LogP contribution is 2.42. The monoisotopic (exact) mass is 248 g/mol. The summed E-state index contributed by atoms with van der Waals surface area (Å²) in [6, 6.07) is 9.02. The fourth-order valence-electron chi connectivity index (χ4n) is 3.32. The fourth-order valence-corrected chi connectivity index (χ4v) is 3.88. The van der Waals surface area contributed by atoms with Gasteiger partial charge >= 0.3 is 0 Å². The summed E-state index contributed by atoms with van der Waals surface area (Å²) in [5, 5.41) is 0. The summed E-state index contributed by atoms with van der Waals surface area (Å²) in [5.41, 5.74) is 4.47. The van der Waals surface area contributed by atoms with Crippen molar-refractivity contribution in [2.24, 2.45) is 5.41 Å². The second-order valence-electron chi connectivity index (χ2n) is 5.63. The molecule has 0 radical (unpaired) electrons. The second-order valence-corrected chi connectivity index (χ2v) is 6.63. The highest BCUT2D eigenvalue weighted by atomic mass is 31.0. The van der Waals surface area contributed by atoms with E-state index in [1.165, 1.54) is 38.5 Å². The van der Waals surface area contributed by atoms with Crippen LogP contribution in [0.5, 0.6) is 0 Å². The van der Waals surface area contributed by atoms with E-state index >= 15 is 0 Å². The maximum atomic E-state index is 3.05. The van der Waals surface area contributed by atoms with Crippen molar-refractivity contribution in [2.45, 2.75) is 58.0 Å². The Morgan fingerprint density at radius 2 is 1.82 bits per heavy atom. The Morgan fingerprint density at radius 3 is 2.41 bits per heavy atom. The van der Waals surface area contributed by atoms with Gasteiger partial charge in [0.2, 0.25) is 0 Å². The minimum atomic E-state index is 0.554. The van der Waals surface area contributed by atoms with Crippen LogP contribution in [0.4, 0.5) is 0 Å². The van der Waals surface area contributed by atoms with Crippen molar-refractivity contribution < 1.29 is 0 Å². The molecule has 0 saturated heterocycles. The SMILES string of the molecule is CCC1(C(C)P)CCCc2ccccc2CC1. The summed E-state index contributed by atoms with van der Waals surface area (Å²) in [5.74, 6) is 0. The Morgan fingerprint density at radius 1 is 1.18 bits per heavy atom. The highest BCUT2D eigenvalue weighted by molar-refractivity contribution is 7.17. The zero-order valence-corrected chi connectivity index (χ0v) is 12.4. The van der Waals surface area contributed by atoms with Crippen LogP contribution in [0.15, 0.2) is 24.3 Å². The van der Waals surface area contributed by atoms with Gasteiger partial charge in [-0.2, -0.15) is 0 Å². The lowest BCUT2D eigenvalue weighted by atomic mass is 9.71. The van der Waals surface area contributed by atoms with Crippen molar-refractivity contribution in [1.82, 2.24) is 0 Å². The average molecular weight is 248 g/mol. The predicted octanol–water partition coefficient (Wildman–Crippen LogP) is 4.62. The van der Waals surface area contributed by atoms with Crippen LogP contribution in [-0.4, -0.2) is 5.66 Å². The predicted molar refractivity (Wildman–Crippen MR) is 79.6 cm³/mol. The number of benzene rings is 1. The van der Waals surface area contributed by atoms with Crippen LogP contribution in [0.2, 0.25) is 0 Å². The third kappa shape index (κ3) is 2.74. The first kappa shape index (κ1) is 13.1. The quantitative estimate of drug-likeness (QED) is 0.670. The van der Waals surface area contributed by atoms with Gasteiger partial charge in [-0.15, -0.1) is 9.24 Å². The summed E-state index contributed by atoms with van der Waals surface area (Å²) in [6.45, 7) is 4.75. The topological polar surface area (TPSA) is 0 Å². The van der Waals surface area contributed by atoms with E-state index in [-0.39, 0.29) is 0 Å². The molecule has 2 rings (SSSR count). The van der Waals surface area contributed by atoms with Gasteiger partial charge in [0.1, 0.15) is 0 Å². The Hall–Kier alpha value is -0.350. The molecule has 94 valence electrons. The molecule has 1 aliphatic rings. The lowest BCUT2D eigenvalue weighted by Gasteiger charge is -2.38. The smallest absolute Gasteiger partial charge is 0.0236 e. The van der Waals surface area contributed by atoms with Gasteiger partial charge in [-0.3, -0.25) is 0 Å². The van der Waals surface area contributed by atoms with Gasteiger partial charge < -0.3 is 0 Å². The largest absolute Gasteiger partial charge is 0.134 e. The Kier molecular flexibility index (Phi) is 4.26. The van der Waals surface area contributed by atoms with E-state index < -0.39 is 0 Å². The molecule has 3 atom stereocenters. The van der Waals surface area contributed by atoms with Gasteiger partial charge in [-0.05, 0) is 60.7 Å². The molecule has 0 heterocycles. The molecule has 0 aromatic heterocycles. The Labute approximate surface area is 108 Å². The standard InChI is InChI=1S/C16H25P/c1-3-16(13(2)17)11-6-9-14-7-4-5-8-15(14)10-12-16/h4-5,7-8,13H,3,6,9-12,17H2,1-2H3. The van der Waals surface area contributed by atoms with Gasteiger partial charge in [0.05, 0.1) is 0 Å². The van der Waals surface area contributed by atoms with E-state index in [0.29, 0.717) is 5.41 Å². The van der Waals surface area contributed by atoms with E-state index in [1.807, 2.05) is 0 Å². The molecule has 1 aromatic carbocycles. The molecule has 0 aliphatic heterocycles. The van der Waals surface area contributed by atoms with E-state index in [0.717, 1.165) is 5.66 Å². The van der Waals surface area contributed by atoms with Crippen molar-refractivity contribution in [3.8, 4) is 0 Å². The number of rotatable bonds is 2. The van der Waals surface area contributed by atoms with Crippen LogP contribution < -0.4 is 0 Å². The minimum absolute atomic E-state index is 0.554. The van der Waals surface area contributed by atoms with Crippen molar-refractivity contribution in [3.05, 3.63) is 35.4 Å². The van der Waals surface area contributed by atoms with Gasteiger partial charge in [-0.25, -0.2) is 0 Å². The molecule has 0 spiro atoms. The number of hydrogen-bond donors (Lipinski definition) is 0. The molecule has 0 amide bonds. The van der Waals surface area contributed by atoms with E-state index in [9.17, 15) is 0 Å². The van der Waals surface area contributed by atoms with Gasteiger partial charge in [0, 0.05) is 0 Å². The van der Waals surface area contributed by atoms with Crippen LogP contribution in [0.1, 0.15) is 50.7 Å². The van der Waals surface area contributed by atoms with Crippen LogP contribution >= 0.6 is 9.24 Å². The molecular weight excluding hydrogens is 223 g/mol. The van der Waals surface area contributed by atoms with Crippen LogP contribution in [0.25, 0.3) is 0 Å². The molecule has 1 aliphatic carbocycles. The molecule has 0 bridgehead atoms. The van der Waals surface area contributed by atoms with E-state index in [4.69, 9.17) is 0 Å². The summed E-state index contributed by atoms with van der Waals surface area (Å²) >= 11 is 0. The molecule has 17 heavy (non-hydrogen) atoms. The maximum Gasteiger partial charge on any atom is -0.0236 e. The van der Waals surface area contributed by atoms with E-state index in [2.05, 4.69) is 47.4 Å². The van der Waals surface area contributed by atoms with Gasteiger partial charge in [0.15, 0.2) is 0 Å². The van der Waals surface area contributed by atoms with Crippen LogP contribution in [0, 0.1) is 5.41 Å². The molecule has 0 fully saturated rings. The van der Waals surface area contributed by atoms with Crippen molar-refractivity contribution >= 4 is 9.24 Å². The third-order valence-corrected chi connectivity index (χ3v) is 5.51. The average Bonchev–Trinajstić information content (AvgIpc) is 2.30. The molecule has 0 saturated carbocycles. The van der Waals surface area contributed by atoms with Crippen molar-refractivity contribution in [1.29, 1.82) is 0 Å². The Bertz CT molecular complexity index is 370. The number of hydrogen-bond acceptors (Lipinski definition) is 0. The first-order valence-electron chi connectivity index (χ1n) is 7.00. The normalized spacial score (nSPS) is 26.8. The molecule has 1 aromatic rings. The second kappa shape index (κ2) is 5.53. The Balaban J connectivity index is 2.21. The minimum Gasteiger partial charge on any atom is -0.134 e. The van der Waals surface area contributed by atoms with Crippen LogP contribution in [-0.2, 0) is 12.8 Å². The lowest BCUT2D eigenvalue weighted by Crippen LogP contribution is -2.30. The van der Waals surface area contributed by atoms with Gasteiger partial charge in [0.25, 0.3) is 0 Å². The molecule has 0 nitrogen and oxygen atoms in total. The maximum absolute atomic E-state index is 3.05. The molecule has 0 N–H and O–H groups in total. The lowest BCUT2D eigenvalue weighted by molar-refractivity contribution is 0.217. The van der Waals surface area contributed by atoms with Crippen molar-refractivity contribution in [3.63, 3.8) is 0 Å². The number of fused-ring (bicyclic) bond motifs is 1. The first-order chi connectivity index (χ1) is 8.18. The summed E-state index contributed by atoms with van der Waals surface area (Å²) in [7, 11) is 3.05. The summed E-state index contributed by atoms with van der Waals surface area (Å²) in [6.07, 6.45) is 7.95. The highest BCUT2D eigenvalue weighted by Gasteiger charge is 2.32. The molecular formula is C16H25P. The zero-order chi connectivity index (χ0) is 12.3. The van der Waals surface area contributed by atoms with E-state index in [1.54, 1.807) is 11.1 Å². The summed E-state index contributed by atoms with van der Waals surface area (Å²) < 4.78 is 0. The third-order valence-electron chi connectivity index (χ3n) is 4.80. The van der Waals surface area contributed by atoms with Crippen LogP contribution in [0.3, 0.4) is 0 Å². The first-order valence-corrected chi connectivity index (χ1v) is 7.67. The summed E-state index contributed by atoms with van der Waals surface area (Å²) in [4.78, 5) is 0.